The summed E-state index contributed by atoms with van der Waals surface area (Å²) in [6.45, 7) is 8.14. The summed E-state index contributed by atoms with van der Waals surface area (Å²) in [5.41, 5.74) is 9.75. The lowest BCUT2D eigenvalue weighted by Gasteiger charge is -2.35. The molecule has 0 spiro atoms. The average Bonchev–Trinajstić information content (AvgIpc) is 2.87. The molecule has 0 aliphatic carbocycles. The van der Waals surface area contributed by atoms with Gasteiger partial charge in [-0.2, -0.15) is 5.10 Å². The second-order valence-electron chi connectivity index (χ2n) is 8.14. The summed E-state index contributed by atoms with van der Waals surface area (Å²) in [4.78, 5) is 15.2. The highest BCUT2D eigenvalue weighted by Gasteiger charge is 2.31. The summed E-state index contributed by atoms with van der Waals surface area (Å²) >= 11 is 0. The van der Waals surface area contributed by atoms with E-state index in [1.54, 1.807) is 0 Å². The van der Waals surface area contributed by atoms with Gasteiger partial charge in [-0.1, -0.05) is 0 Å². The molecule has 2 fully saturated rings. The van der Waals surface area contributed by atoms with Gasteiger partial charge in [0.25, 0.3) is 0 Å². The highest BCUT2D eigenvalue weighted by molar-refractivity contribution is 5.78. The van der Waals surface area contributed by atoms with E-state index in [9.17, 15) is 4.79 Å². The first kappa shape index (κ1) is 20.3. The zero-order valence-electron chi connectivity index (χ0n) is 16.8. The van der Waals surface area contributed by atoms with Crippen LogP contribution in [-0.2, 0) is 16.0 Å². The van der Waals surface area contributed by atoms with Gasteiger partial charge in [0, 0.05) is 50.6 Å². The second kappa shape index (κ2) is 9.66. The molecule has 0 aromatic carbocycles. The zero-order chi connectivity index (χ0) is 19.2. The molecule has 7 nitrogen and oxygen atoms in total. The number of ether oxygens (including phenoxy) is 1. The van der Waals surface area contributed by atoms with Crippen molar-refractivity contribution in [2.75, 3.05) is 32.8 Å². The first-order valence-corrected chi connectivity index (χ1v) is 10.4. The van der Waals surface area contributed by atoms with Crippen LogP contribution in [0.4, 0.5) is 0 Å². The molecule has 2 saturated heterocycles. The Balaban J connectivity index is 1.47. The lowest BCUT2D eigenvalue weighted by atomic mass is 10.00. The fraction of sp³-hybridized carbons (Fsp3) is 0.800. The standard InChI is InChI=1S/C20H35N5O2/c1-14-19(15(2)24-23-14)4-3-9-22-20(26)16-5-6-17(21)13-25(12-16)18-7-10-27-11-8-18/h16-18H,3-13,21H2,1-2H3,(H,22,26)(H,23,24)/t16-,17+/m1/s1. The van der Waals surface area contributed by atoms with Gasteiger partial charge in [0.1, 0.15) is 0 Å². The first-order chi connectivity index (χ1) is 13.0. The number of hydrogen-bond acceptors (Lipinski definition) is 5. The SMILES string of the molecule is Cc1n[nH]c(C)c1CCCNC(=O)[C@@H]1CC[C@H](N)CN(C2CCOCC2)C1. The molecule has 1 aromatic heterocycles. The van der Waals surface area contributed by atoms with E-state index in [0.29, 0.717) is 12.6 Å². The molecular formula is C20H35N5O2. The van der Waals surface area contributed by atoms with E-state index in [1.165, 1.54) is 5.56 Å². The normalized spacial score (nSPS) is 25.3. The Hall–Kier alpha value is -1.44. The minimum atomic E-state index is 0.0405. The first-order valence-electron chi connectivity index (χ1n) is 10.4. The maximum Gasteiger partial charge on any atom is 0.224 e. The van der Waals surface area contributed by atoms with Crippen molar-refractivity contribution in [3.05, 3.63) is 17.0 Å². The molecule has 2 aliphatic rings. The van der Waals surface area contributed by atoms with E-state index >= 15 is 0 Å². The molecule has 2 aliphatic heterocycles. The van der Waals surface area contributed by atoms with Gasteiger partial charge in [-0.3, -0.25) is 14.8 Å². The summed E-state index contributed by atoms with van der Waals surface area (Å²) in [6.07, 6.45) is 5.77. The number of rotatable bonds is 6. The molecule has 3 rings (SSSR count). The number of amides is 1. The number of hydrogen-bond donors (Lipinski definition) is 3. The van der Waals surface area contributed by atoms with E-state index in [2.05, 4.69) is 20.4 Å². The Kier molecular flexibility index (Phi) is 7.26. The van der Waals surface area contributed by atoms with Crippen molar-refractivity contribution >= 4 is 5.91 Å². The van der Waals surface area contributed by atoms with Gasteiger partial charge in [-0.25, -0.2) is 0 Å². The monoisotopic (exact) mass is 377 g/mol. The van der Waals surface area contributed by atoms with Crippen LogP contribution in [0.25, 0.3) is 0 Å². The van der Waals surface area contributed by atoms with E-state index in [-0.39, 0.29) is 17.9 Å². The van der Waals surface area contributed by atoms with Crippen LogP contribution in [0, 0.1) is 19.8 Å². The number of aromatic amines is 1. The summed E-state index contributed by atoms with van der Waals surface area (Å²) in [6, 6.07) is 0.669. The predicted octanol–water partition coefficient (Wildman–Crippen LogP) is 1.29. The molecular weight excluding hydrogens is 342 g/mol. The van der Waals surface area contributed by atoms with Crippen LogP contribution in [0.15, 0.2) is 0 Å². The third-order valence-corrected chi connectivity index (χ3v) is 6.07. The highest BCUT2D eigenvalue weighted by atomic mass is 16.5. The Bertz CT molecular complexity index is 592. The maximum absolute atomic E-state index is 12.8. The minimum Gasteiger partial charge on any atom is -0.381 e. The quantitative estimate of drug-likeness (QED) is 0.649. The van der Waals surface area contributed by atoms with Gasteiger partial charge < -0.3 is 15.8 Å². The summed E-state index contributed by atoms with van der Waals surface area (Å²) < 4.78 is 5.49. The summed E-state index contributed by atoms with van der Waals surface area (Å²) in [5.74, 6) is 0.223. The van der Waals surface area contributed by atoms with Crippen molar-refractivity contribution < 1.29 is 9.53 Å². The van der Waals surface area contributed by atoms with Gasteiger partial charge in [0.15, 0.2) is 0 Å². The second-order valence-corrected chi connectivity index (χ2v) is 8.14. The van der Waals surface area contributed by atoms with Crippen molar-refractivity contribution in [2.45, 2.75) is 64.5 Å². The third-order valence-electron chi connectivity index (χ3n) is 6.07. The fourth-order valence-corrected chi connectivity index (χ4v) is 4.38. The number of nitrogens with one attached hydrogen (secondary N) is 2. The molecule has 27 heavy (non-hydrogen) atoms. The maximum atomic E-state index is 12.8. The number of likely N-dealkylation sites (tertiary alicyclic amines) is 1. The molecule has 3 heterocycles. The Morgan fingerprint density at radius 2 is 2.04 bits per heavy atom. The number of carbonyl (C=O) groups is 1. The molecule has 0 bridgehead atoms. The molecule has 7 heteroatoms. The van der Waals surface area contributed by atoms with E-state index in [1.807, 2.05) is 13.8 Å². The zero-order valence-corrected chi connectivity index (χ0v) is 16.8. The summed E-state index contributed by atoms with van der Waals surface area (Å²) in [7, 11) is 0. The van der Waals surface area contributed by atoms with Crippen LogP contribution >= 0.6 is 0 Å². The van der Waals surface area contributed by atoms with Crippen molar-refractivity contribution in [1.82, 2.24) is 20.4 Å². The molecule has 1 aromatic rings. The van der Waals surface area contributed by atoms with Crippen LogP contribution in [0.2, 0.25) is 0 Å². The van der Waals surface area contributed by atoms with Gasteiger partial charge in [0.2, 0.25) is 5.91 Å². The van der Waals surface area contributed by atoms with Crippen LogP contribution in [0.1, 0.15) is 49.1 Å². The number of aromatic nitrogens is 2. The molecule has 2 atom stereocenters. The highest BCUT2D eigenvalue weighted by Crippen LogP contribution is 2.22. The number of H-pyrrole nitrogens is 1. The molecule has 0 saturated carbocycles. The van der Waals surface area contributed by atoms with Gasteiger partial charge in [-0.15, -0.1) is 0 Å². The van der Waals surface area contributed by atoms with Gasteiger partial charge in [0.05, 0.1) is 11.6 Å². The minimum absolute atomic E-state index is 0.0405. The predicted molar refractivity (Wildman–Crippen MR) is 106 cm³/mol. The largest absolute Gasteiger partial charge is 0.381 e. The summed E-state index contributed by atoms with van der Waals surface area (Å²) in [5, 5.41) is 10.4. The Morgan fingerprint density at radius 1 is 1.26 bits per heavy atom. The topological polar surface area (TPSA) is 96.3 Å². The molecule has 1 amide bonds. The molecule has 0 radical (unpaired) electrons. The van der Waals surface area contributed by atoms with E-state index < -0.39 is 0 Å². The van der Waals surface area contributed by atoms with Gasteiger partial charge in [-0.05, 0) is 57.9 Å². The lowest BCUT2D eigenvalue weighted by molar-refractivity contribution is -0.125. The molecule has 152 valence electrons. The Labute approximate surface area is 162 Å². The smallest absolute Gasteiger partial charge is 0.224 e. The number of carbonyl (C=O) groups excluding carboxylic acids is 1. The van der Waals surface area contributed by atoms with Crippen molar-refractivity contribution in [3.63, 3.8) is 0 Å². The fourth-order valence-electron chi connectivity index (χ4n) is 4.38. The van der Waals surface area contributed by atoms with Crippen LogP contribution in [-0.4, -0.2) is 65.9 Å². The van der Waals surface area contributed by atoms with E-state index in [0.717, 1.165) is 76.2 Å². The Morgan fingerprint density at radius 3 is 2.74 bits per heavy atom. The van der Waals surface area contributed by atoms with Crippen LogP contribution in [0.5, 0.6) is 0 Å². The molecule has 4 N–H and O–H groups in total. The molecule has 0 unspecified atom stereocenters. The lowest BCUT2D eigenvalue weighted by Crippen LogP contribution is -2.47. The average molecular weight is 378 g/mol. The van der Waals surface area contributed by atoms with Crippen molar-refractivity contribution in [1.29, 1.82) is 0 Å². The van der Waals surface area contributed by atoms with Crippen LogP contribution < -0.4 is 11.1 Å². The number of nitrogens with two attached hydrogens (primary N) is 1. The van der Waals surface area contributed by atoms with Crippen molar-refractivity contribution in [3.8, 4) is 0 Å². The number of aryl methyl sites for hydroxylation is 2. The third kappa shape index (κ3) is 5.53. The van der Waals surface area contributed by atoms with Crippen LogP contribution in [0.3, 0.4) is 0 Å². The van der Waals surface area contributed by atoms with Crippen molar-refractivity contribution in [2.24, 2.45) is 11.7 Å². The number of nitrogens with zero attached hydrogens (tertiary/aromatic N) is 2. The van der Waals surface area contributed by atoms with E-state index in [4.69, 9.17) is 10.5 Å². The van der Waals surface area contributed by atoms with Gasteiger partial charge >= 0.3 is 0 Å².